The van der Waals surface area contributed by atoms with Gasteiger partial charge in [0.1, 0.15) is 11.9 Å². The first-order chi connectivity index (χ1) is 8.31. The van der Waals surface area contributed by atoms with Gasteiger partial charge in [-0.25, -0.2) is 13.6 Å². The van der Waals surface area contributed by atoms with Crippen molar-refractivity contribution in [1.82, 2.24) is 4.98 Å². The monoisotopic (exact) mass is 338 g/mol. The normalized spacial score (nSPS) is 11.2. The number of nitrogens with zero attached hydrogens (tertiary/aromatic N) is 2. The van der Waals surface area contributed by atoms with E-state index in [1.165, 1.54) is 6.20 Å². The summed E-state index contributed by atoms with van der Waals surface area (Å²) in [7, 11) is -3.51. The molecule has 1 heterocycles. The van der Waals surface area contributed by atoms with Crippen molar-refractivity contribution >= 4 is 37.3 Å². The predicted molar refractivity (Wildman–Crippen MR) is 69.7 cm³/mol. The van der Waals surface area contributed by atoms with Gasteiger partial charge in [-0.15, -0.1) is 0 Å². The van der Waals surface area contributed by atoms with Crippen molar-refractivity contribution in [2.45, 2.75) is 6.42 Å². The summed E-state index contributed by atoms with van der Waals surface area (Å²) in [6.07, 6.45) is 2.78. The summed E-state index contributed by atoms with van der Waals surface area (Å²) in [6.45, 7) is 0.250. The van der Waals surface area contributed by atoms with Gasteiger partial charge in [0.05, 0.1) is 15.1 Å². The first-order valence-electron chi connectivity index (χ1n) is 4.83. The fourth-order valence-corrected chi connectivity index (χ4v) is 2.23. The van der Waals surface area contributed by atoms with Gasteiger partial charge in [-0.1, -0.05) is 0 Å². The molecule has 0 aliphatic carbocycles. The van der Waals surface area contributed by atoms with Crippen molar-refractivity contribution in [2.75, 3.05) is 17.6 Å². The first kappa shape index (κ1) is 14.8. The van der Waals surface area contributed by atoms with E-state index in [1.807, 2.05) is 0 Å². The number of hydrogen-bond donors (Lipinski definition) is 2. The zero-order valence-electron chi connectivity index (χ0n) is 9.17. The molecule has 0 saturated heterocycles. The Morgan fingerprint density at radius 3 is 2.72 bits per heavy atom. The van der Waals surface area contributed by atoms with Crippen LogP contribution in [0, 0.1) is 10.1 Å². The van der Waals surface area contributed by atoms with Gasteiger partial charge in [-0.3, -0.25) is 15.1 Å². The Kier molecular flexibility index (Phi) is 4.99. The molecule has 0 aromatic carbocycles. The minimum absolute atomic E-state index is 0.181. The average Bonchev–Trinajstić information content (AvgIpc) is 2.24. The molecule has 18 heavy (non-hydrogen) atoms. The van der Waals surface area contributed by atoms with Gasteiger partial charge in [0, 0.05) is 12.7 Å². The molecule has 8 nitrogen and oxygen atoms in total. The minimum Gasteiger partial charge on any atom is -0.378 e. The van der Waals surface area contributed by atoms with Crippen LogP contribution in [0.5, 0.6) is 0 Å². The van der Waals surface area contributed by atoms with E-state index in [0.29, 0.717) is 4.47 Å². The van der Waals surface area contributed by atoms with Crippen LogP contribution in [0.4, 0.5) is 11.4 Å². The summed E-state index contributed by atoms with van der Waals surface area (Å²) < 4.78 is 21.9. The lowest BCUT2D eigenvalue weighted by Gasteiger charge is -2.07. The van der Waals surface area contributed by atoms with E-state index in [-0.39, 0.29) is 30.1 Å². The molecule has 100 valence electrons. The molecule has 0 radical (unpaired) electrons. The topological polar surface area (TPSA) is 128 Å². The number of aromatic nitrogens is 1. The van der Waals surface area contributed by atoms with E-state index < -0.39 is 14.9 Å². The van der Waals surface area contributed by atoms with Crippen LogP contribution in [0.25, 0.3) is 0 Å². The Morgan fingerprint density at radius 2 is 2.17 bits per heavy atom. The first-order valence-corrected chi connectivity index (χ1v) is 7.34. The highest BCUT2D eigenvalue weighted by atomic mass is 79.9. The molecule has 0 aliphatic rings. The van der Waals surface area contributed by atoms with Gasteiger partial charge in [0.25, 0.3) is 0 Å². The molecule has 1 aromatic rings. The van der Waals surface area contributed by atoms with E-state index in [4.69, 9.17) is 5.14 Å². The van der Waals surface area contributed by atoms with Crippen LogP contribution >= 0.6 is 15.9 Å². The maximum Gasteiger partial charge on any atom is 0.311 e. The summed E-state index contributed by atoms with van der Waals surface area (Å²) in [5.41, 5.74) is 0.0874. The number of pyridine rings is 1. The van der Waals surface area contributed by atoms with E-state index in [2.05, 4.69) is 26.2 Å². The molecule has 0 saturated carbocycles. The number of halogens is 1. The van der Waals surface area contributed by atoms with Crippen molar-refractivity contribution in [3.8, 4) is 0 Å². The third-order valence-corrected chi connectivity index (χ3v) is 3.44. The van der Waals surface area contributed by atoms with Crippen LogP contribution < -0.4 is 10.5 Å². The van der Waals surface area contributed by atoms with E-state index >= 15 is 0 Å². The van der Waals surface area contributed by atoms with Crippen molar-refractivity contribution in [2.24, 2.45) is 5.14 Å². The predicted octanol–water partition coefficient (Wildman–Crippen LogP) is 0.843. The fourth-order valence-electron chi connectivity index (χ4n) is 1.22. The molecule has 1 aromatic heterocycles. The maximum absolute atomic E-state index is 10.8. The van der Waals surface area contributed by atoms with Gasteiger partial charge in [0.15, 0.2) is 0 Å². The Bertz CT molecular complexity index is 548. The molecule has 0 spiro atoms. The number of rotatable bonds is 6. The third-order valence-electron chi connectivity index (χ3n) is 1.98. The Morgan fingerprint density at radius 1 is 1.50 bits per heavy atom. The van der Waals surface area contributed by atoms with Crippen LogP contribution in [0.2, 0.25) is 0 Å². The number of nitrogens with two attached hydrogens (primary N) is 1. The van der Waals surface area contributed by atoms with Crippen molar-refractivity contribution in [3.05, 3.63) is 27.0 Å². The zero-order valence-corrected chi connectivity index (χ0v) is 11.6. The minimum atomic E-state index is -3.51. The summed E-state index contributed by atoms with van der Waals surface area (Å²) in [5.74, 6) is -0.184. The average molecular weight is 339 g/mol. The molecular weight excluding hydrogens is 328 g/mol. The molecule has 0 atom stereocenters. The van der Waals surface area contributed by atoms with Crippen LogP contribution in [-0.2, 0) is 10.0 Å². The maximum atomic E-state index is 10.8. The van der Waals surface area contributed by atoms with E-state index in [1.54, 1.807) is 0 Å². The van der Waals surface area contributed by atoms with Gasteiger partial charge in [-0.05, 0) is 22.4 Å². The van der Waals surface area contributed by atoms with Crippen molar-refractivity contribution in [1.29, 1.82) is 0 Å². The zero-order chi connectivity index (χ0) is 13.8. The lowest BCUT2D eigenvalue weighted by molar-refractivity contribution is -0.384. The number of nitro groups is 1. The molecule has 10 heteroatoms. The quantitative estimate of drug-likeness (QED) is 0.449. The molecule has 3 N–H and O–H groups in total. The van der Waals surface area contributed by atoms with Gasteiger partial charge >= 0.3 is 5.69 Å². The van der Waals surface area contributed by atoms with E-state index in [9.17, 15) is 18.5 Å². The fraction of sp³-hybridized carbons (Fsp3) is 0.375. The molecule has 0 bridgehead atoms. The van der Waals surface area contributed by atoms with Gasteiger partial charge in [0.2, 0.25) is 10.0 Å². The van der Waals surface area contributed by atoms with E-state index in [0.717, 1.165) is 6.20 Å². The van der Waals surface area contributed by atoms with Crippen LogP contribution in [0.1, 0.15) is 6.42 Å². The van der Waals surface area contributed by atoms with Crippen LogP contribution in [-0.4, -0.2) is 30.6 Å². The number of hydrogen-bond acceptors (Lipinski definition) is 6. The van der Waals surface area contributed by atoms with Gasteiger partial charge < -0.3 is 5.32 Å². The van der Waals surface area contributed by atoms with Crippen molar-refractivity contribution < 1.29 is 13.3 Å². The largest absolute Gasteiger partial charge is 0.378 e. The molecular formula is C8H11BrN4O4S. The summed E-state index contributed by atoms with van der Waals surface area (Å²) in [5, 5.41) is 18.4. The van der Waals surface area contributed by atoms with Crippen LogP contribution in [0.3, 0.4) is 0 Å². The Balaban J connectivity index is 2.70. The number of anilines is 1. The number of nitrogens with one attached hydrogen (secondary N) is 1. The standard InChI is InChI=1S/C8H11BrN4O4S/c9-6-4-11-5-7(13(14)15)8(6)12-2-1-3-18(10,16)17/h4-5H,1-3H2,(H,11,12)(H2,10,16,17). The summed E-state index contributed by atoms with van der Waals surface area (Å²) in [6, 6.07) is 0. The molecule has 0 aliphatic heterocycles. The summed E-state index contributed by atoms with van der Waals surface area (Å²) in [4.78, 5) is 13.9. The molecule has 1 rings (SSSR count). The Hall–Kier alpha value is -1.26. The highest BCUT2D eigenvalue weighted by Gasteiger charge is 2.16. The lowest BCUT2D eigenvalue weighted by Crippen LogP contribution is -2.19. The molecule has 0 fully saturated rings. The highest BCUT2D eigenvalue weighted by Crippen LogP contribution is 2.30. The second-order valence-corrected chi connectivity index (χ2v) is 6.01. The Labute approximate surface area is 112 Å². The number of primary sulfonamides is 1. The second kappa shape index (κ2) is 6.07. The summed E-state index contributed by atoms with van der Waals surface area (Å²) >= 11 is 3.13. The smallest absolute Gasteiger partial charge is 0.311 e. The highest BCUT2D eigenvalue weighted by molar-refractivity contribution is 9.10. The van der Waals surface area contributed by atoms with Crippen molar-refractivity contribution in [3.63, 3.8) is 0 Å². The van der Waals surface area contributed by atoms with Crippen LogP contribution in [0.15, 0.2) is 16.9 Å². The molecule has 0 amide bonds. The molecule has 0 unspecified atom stereocenters. The SMILES string of the molecule is NS(=O)(=O)CCCNc1c(Br)cncc1[N+](=O)[O-]. The lowest BCUT2D eigenvalue weighted by atomic mass is 10.3. The third kappa shape index (κ3) is 4.55. The van der Waals surface area contributed by atoms with Gasteiger partial charge in [-0.2, -0.15) is 0 Å². The second-order valence-electron chi connectivity index (χ2n) is 3.42. The number of sulfonamides is 1.